The quantitative estimate of drug-likeness (QED) is 0.739. The third-order valence-corrected chi connectivity index (χ3v) is 4.76. The molecule has 7 nitrogen and oxygen atoms in total. The van der Waals surface area contributed by atoms with E-state index in [1.165, 1.54) is 0 Å². The van der Waals surface area contributed by atoms with Gasteiger partial charge in [-0.15, -0.1) is 0 Å². The number of alkyl carbamates (subject to hydrolysis) is 1. The number of benzene rings is 1. The van der Waals surface area contributed by atoms with Crippen LogP contribution in [0.15, 0.2) is 24.4 Å². The lowest BCUT2D eigenvalue weighted by Gasteiger charge is -2.25. The highest BCUT2D eigenvalue weighted by Gasteiger charge is 2.29. The first kappa shape index (κ1) is 23.7. The Morgan fingerprint density at radius 3 is 2.40 bits per heavy atom. The predicted octanol–water partition coefficient (Wildman–Crippen LogP) is 3.94. The molecule has 1 aromatic heterocycles. The minimum atomic E-state index is -0.709. The molecule has 0 aliphatic heterocycles. The van der Waals surface area contributed by atoms with Crippen LogP contribution in [0.3, 0.4) is 0 Å². The monoisotopic (exact) mass is 417 g/mol. The zero-order chi connectivity index (χ0) is 22.6. The van der Waals surface area contributed by atoms with E-state index in [4.69, 9.17) is 9.47 Å². The first-order valence-corrected chi connectivity index (χ1v) is 10.3. The Bertz CT molecular complexity index is 894. The number of carbonyl (C=O) groups excluding carboxylic acids is 2. The lowest BCUT2D eigenvalue weighted by atomic mass is 10.0. The van der Waals surface area contributed by atoms with E-state index in [1.807, 2.05) is 52.3 Å². The Morgan fingerprint density at radius 2 is 1.87 bits per heavy atom. The average Bonchev–Trinajstić information content (AvgIpc) is 3.00. The molecule has 1 atom stereocenters. The van der Waals surface area contributed by atoms with Crippen molar-refractivity contribution in [2.24, 2.45) is 5.92 Å². The second kappa shape index (κ2) is 9.51. The van der Waals surface area contributed by atoms with Gasteiger partial charge >= 0.3 is 6.09 Å². The Balaban J connectivity index is 2.42. The summed E-state index contributed by atoms with van der Waals surface area (Å²) in [6.45, 7) is 10.0. The molecule has 0 aliphatic rings. The van der Waals surface area contributed by atoms with Gasteiger partial charge in [-0.1, -0.05) is 13.8 Å². The van der Waals surface area contributed by atoms with Crippen molar-refractivity contribution in [2.75, 3.05) is 27.7 Å². The van der Waals surface area contributed by atoms with Gasteiger partial charge in [0.15, 0.2) is 0 Å². The van der Waals surface area contributed by atoms with Gasteiger partial charge in [-0.05, 0) is 71.0 Å². The van der Waals surface area contributed by atoms with Crippen molar-refractivity contribution >= 4 is 22.9 Å². The van der Waals surface area contributed by atoms with E-state index in [1.54, 1.807) is 32.4 Å². The fraction of sp³-hybridized carbons (Fsp3) is 0.565. The lowest BCUT2D eigenvalue weighted by molar-refractivity contribution is 0.0465. The topological polar surface area (TPSA) is 72.8 Å². The van der Waals surface area contributed by atoms with Crippen molar-refractivity contribution in [3.8, 4) is 5.75 Å². The number of rotatable bonds is 7. The first-order valence-electron chi connectivity index (χ1n) is 10.3. The van der Waals surface area contributed by atoms with Gasteiger partial charge in [0.25, 0.3) is 5.91 Å². The molecule has 1 aromatic carbocycles. The number of hydrogen-bond acceptors (Lipinski definition) is 5. The molecule has 1 amide bonds. The summed E-state index contributed by atoms with van der Waals surface area (Å²) < 4.78 is 12.4. The fourth-order valence-corrected chi connectivity index (χ4v) is 3.23. The Labute approximate surface area is 179 Å². The van der Waals surface area contributed by atoms with Crippen molar-refractivity contribution in [3.63, 3.8) is 0 Å². The van der Waals surface area contributed by atoms with E-state index in [-0.39, 0.29) is 11.8 Å². The van der Waals surface area contributed by atoms with E-state index >= 15 is 0 Å². The van der Waals surface area contributed by atoms with Gasteiger partial charge in [-0.25, -0.2) is 4.79 Å². The van der Waals surface area contributed by atoms with Crippen molar-refractivity contribution in [1.82, 2.24) is 14.8 Å². The van der Waals surface area contributed by atoms with Gasteiger partial charge < -0.3 is 19.7 Å². The maximum Gasteiger partial charge on any atom is 0.408 e. The molecule has 0 unspecified atom stereocenters. The zero-order valence-corrected chi connectivity index (χ0v) is 19.4. The number of likely N-dealkylation sites (N-methyl/N-ethyl adjacent to an activating group) is 1. The van der Waals surface area contributed by atoms with E-state index in [0.29, 0.717) is 0 Å². The van der Waals surface area contributed by atoms with E-state index in [2.05, 4.69) is 10.2 Å². The Hall–Kier alpha value is -2.54. The molecule has 1 N–H and O–H groups in total. The summed E-state index contributed by atoms with van der Waals surface area (Å²) in [6, 6.07) is 4.97. The first-order chi connectivity index (χ1) is 13.9. The molecule has 0 radical (unpaired) electrons. The van der Waals surface area contributed by atoms with Crippen LogP contribution >= 0.6 is 0 Å². The molecule has 1 heterocycles. The molecule has 0 fully saturated rings. The molecule has 0 bridgehead atoms. The van der Waals surface area contributed by atoms with Gasteiger partial charge in [0, 0.05) is 18.1 Å². The van der Waals surface area contributed by atoms with Crippen LogP contribution in [-0.4, -0.2) is 60.9 Å². The summed E-state index contributed by atoms with van der Waals surface area (Å²) in [5.41, 5.74) is 1.22. The smallest absolute Gasteiger partial charge is 0.408 e. The molecular weight excluding hydrogens is 382 g/mol. The van der Waals surface area contributed by atoms with Crippen LogP contribution in [0.2, 0.25) is 0 Å². The molecule has 0 saturated carbocycles. The van der Waals surface area contributed by atoms with Crippen LogP contribution in [0.25, 0.3) is 10.9 Å². The molecular formula is C23H35N3O4. The summed E-state index contributed by atoms with van der Waals surface area (Å²) in [6.07, 6.45) is 2.07. The Morgan fingerprint density at radius 1 is 1.20 bits per heavy atom. The summed E-state index contributed by atoms with van der Waals surface area (Å²) in [7, 11) is 5.66. The van der Waals surface area contributed by atoms with Crippen LogP contribution in [0.1, 0.15) is 45.0 Å². The van der Waals surface area contributed by atoms with Crippen molar-refractivity contribution in [2.45, 2.75) is 52.7 Å². The molecule has 2 aromatic rings. The van der Waals surface area contributed by atoms with Crippen LogP contribution in [0.4, 0.5) is 4.79 Å². The molecule has 166 valence electrons. The van der Waals surface area contributed by atoms with E-state index in [9.17, 15) is 9.59 Å². The van der Waals surface area contributed by atoms with Gasteiger partial charge in [-0.3, -0.25) is 9.36 Å². The highest BCUT2D eigenvalue weighted by molar-refractivity contribution is 5.98. The van der Waals surface area contributed by atoms with Crippen molar-refractivity contribution in [3.05, 3.63) is 30.0 Å². The summed E-state index contributed by atoms with van der Waals surface area (Å²) >= 11 is 0. The largest absolute Gasteiger partial charge is 0.497 e. The molecule has 0 aliphatic carbocycles. The van der Waals surface area contributed by atoms with Gasteiger partial charge in [0.1, 0.15) is 17.4 Å². The average molecular weight is 418 g/mol. The van der Waals surface area contributed by atoms with Crippen LogP contribution < -0.4 is 10.1 Å². The SMILES string of the molecule is COc1ccc2c(c1)c(CCN(C)C)cn2C(=O)[C@@H](NC(=O)OC(C)(C)C)C(C)C. The maximum atomic E-state index is 13.5. The van der Waals surface area contributed by atoms with Crippen LogP contribution in [0, 0.1) is 5.92 Å². The number of hydrogen-bond donors (Lipinski definition) is 1. The van der Waals surface area contributed by atoms with Crippen LogP contribution in [0.5, 0.6) is 5.75 Å². The number of methoxy groups -OCH3 is 1. The third-order valence-electron chi connectivity index (χ3n) is 4.76. The minimum Gasteiger partial charge on any atom is -0.497 e. The third kappa shape index (κ3) is 5.98. The van der Waals surface area contributed by atoms with Crippen LogP contribution in [-0.2, 0) is 11.2 Å². The van der Waals surface area contributed by atoms with E-state index < -0.39 is 17.7 Å². The normalized spacial score (nSPS) is 13.0. The number of fused-ring (bicyclic) bond motifs is 1. The number of nitrogens with one attached hydrogen (secondary N) is 1. The van der Waals surface area contributed by atoms with Gasteiger partial charge in [-0.2, -0.15) is 0 Å². The van der Waals surface area contributed by atoms with Crippen molar-refractivity contribution in [1.29, 1.82) is 0 Å². The standard InChI is InChI=1S/C23H35N3O4/c1-15(2)20(24-22(28)30-23(3,4)5)21(27)26-14-16(11-12-25(6)7)18-13-17(29-8)9-10-19(18)26/h9-10,13-15,20H,11-12H2,1-8H3,(H,24,28)/t20-/m0/s1. The number of nitrogens with zero attached hydrogens (tertiary/aromatic N) is 2. The predicted molar refractivity (Wildman–Crippen MR) is 119 cm³/mol. The zero-order valence-electron chi connectivity index (χ0n) is 19.4. The minimum absolute atomic E-state index is 0.106. The molecule has 30 heavy (non-hydrogen) atoms. The molecule has 2 rings (SSSR count). The van der Waals surface area contributed by atoms with Gasteiger partial charge in [0.2, 0.25) is 0 Å². The number of amides is 1. The molecule has 0 saturated heterocycles. The summed E-state index contributed by atoms with van der Waals surface area (Å²) in [5, 5.41) is 3.73. The molecule has 7 heteroatoms. The fourth-order valence-electron chi connectivity index (χ4n) is 3.23. The number of ether oxygens (including phenoxy) is 2. The highest BCUT2D eigenvalue weighted by atomic mass is 16.6. The second-order valence-corrected chi connectivity index (χ2v) is 9.17. The number of aromatic nitrogens is 1. The Kier molecular flexibility index (Phi) is 7.53. The highest BCUT2D eigenvalue weighted by Crippen LogP contribution is 2.27. The maximum absolute atomic E-state index is 13.5. The van der Waals surface area contributed by atoms with E-state index in [0.717, 1.165) is 35.2 Å². The summed E-state index contributed by atoms with van der Waals surface area (Å²) in [4.78, 5) is 27.9. The summed E-state index contributed by atoms with van der Waals surface area (Å²) in [5.74, 6) is 0.444. The molecule has 0 spiro atoms. The van der Waals surface area contributed by atoms with Gasteiger partial charge in [0.05, 0.1) is 12.6 Å². The van der Waals surface area contributed by atoms with Crippen molar-refractivity contribution < 1.29 is 19.1 Å². The number of carbonyl (C=O) groups is 2. The lowest BCUT2D eigenvalue weighted by Crippen LogP contribution is -2.48. The second-order valence-electron chi connectivity index (χ2n) is 9.17.